The second-order valence-corrected chi connectivity index (χ2v) is 8.11. The van der Waals surface area contributed by atoms with Crippen molar-refractivity contribution >= 4 is 21.6 Å². The first-order chi connectivity index (χ1) is 13.8. The fourth-order valence-electron chi connectivity index (χ4n) is 2.66. The van der Waals surface area contributed by atoms with Gasteiger partial charge in [-0.25, -0.2) is 21.9 Å². The van der Waals surface area contributed by atoms with Gasteiger partial charge < -0.3 is 5.32 Å². The highest BCUT2D eigenvalue weighted by Crippen LogP contribution is 2.19. The van der Waals surface area contributed by atoms with Gasteiger partial charge in [-0.2, -0.15) is 0 Å². The molecule has 29 heavy (non-hydrogen) atoms. The van der Waals surface area contributed by atoms with Crippen LogP contribution in [0.2, 0.25) is 0 Å². The lowest BCUT2D eigenvalue weighted by molar-refractivity contribution is 0.102. The number of hydrogen-bond acceptors (Lipinski definition) is 3. The molecule has 0 saturated heterocycles. The summed E-state index contributed by atoms with van der Waals surface area (Å²) < 4.78 is 54.3. The summed E-state index contributed by atoms with van der Waals surface area (Å²) >= 11 is 0. The molecule has 3 aromatic rings. The number of benzene rings is 3. The van der Waals surface area contributed by atoms with Gasteiger partial charge in [0.1, 0.15) is 0 Å². The van der Waals surface area contributed by atoms with Gasteiger partial charge in [-0.1, -0.05) is 36.4 Å². The summed E-state index contributed by atoms with van der Waals surface area (Å²) in [7, 11) is -3.87. The van der Waals surface area contributed by atoms with Crippen LogP contribution < -0.4 is 10.0 Å². The van der Waals surface area contributed by atoms with Crippen LogP contribution in [0.25, 0.3) is 0 Å². The van der Waals surface area contributed by atoms with Gasteiger partial charge in [-0.3, -0.25) is 4.79 Å². The van der Waals surface area contributed by atoms with Gasteiger partial charge in [0, 0.05) is 23.9 Å². The molecule has 1 amide bonds. The Morgan fingerprint density at radius 3 is 2.34 bits per heavy atom. The highest BCUT2D eigenvalue weighted by Gasteiger charge is 2.19. The molecule has 0 aromatic heterocycles. The molecule has 0 radical (unpaired) electrons. The molecule has 0 aliphatic carbocycles. The van der Waals surface area contributed by atoms with Crippen LogP contribution in [0, 0.1) is 18.6 Å². The number of amides is 1. The standard InChI is InChI=1S/C21H18F2N2O3S/c1-14-7-8-16(21(26)25-17-9-10-18(22)19(23)12-17)11-20(14)29(27,28)24-13-15-5-3-2-4-6-15/h2-12,24H,13H2,1H3,(H,25,26). The van der Waals surface area contributed by atoms with Gasteiger partial charge in [0.15, 0.2) is 11.6 Å². The molecule has 0 aliphatic rings. The van der Waals surface area contributed by atoms with E-state index in [4.69, 9.17) is 0 Å². The van der Waals surface area contributed by atoms with Crippen molar-refractivity contribution in [3.8, 4) is 0 Å². The largest absolute Gasteiger partial charge is 0.322 e. The molecular formula is C21H18F2N2O3S. The molecule has 2 N–H and O–H groups in total. The highest BCUT2D eigenvalue weighted by atomic mass is 32.2. The topological polar surface area (TPSA) is 75.3 Å². The summed E-state index contributed by atoms with van der Waals surface area (Å²) in [5.74, 6) is -2.77. The van der Waals surface area contributed by atoms with Gasteiger partial charge in [0.25, 0.3) is 5.91 Å². The number of carbonyl (C=O) groups excluding carboxylic acids is 1. The first-order valence-electron chi connectivity index (χ1n) is 8.67. The van der Waals surface area contributed by atoms with Crippen molar-refractivity contribution in [2.75, 3.05) is 5.32 Å². The number of anilines is 1. The van der Waals surface area contributed by atoms with Gasteiger partial charge in [0.2, 0.25) is 10.0 Å². The Kier molecular flexibility index (Phi) is 6.05. The van der Waals surface area contributed by atoms with Gasteiger partial charge in [-0.05, 0) is 42.3 Å². The van der Waals surface area contributed by atoms with Crippen LogP contribution >= 0.6 is 0 Å². The minimum Gasteiger partial charge on any atom is -0.322 e. The molecule has 5 nitrogen and oxygen atoms in total. The first kappa shape index (κ1) is 20.6. The molecule has 150 valence electrons. The average molecular weight is 416 g/mol. The van der Waals surface area contributed by atoms with Crippen LogP contribution in [0.1, 0.15) is 21.5 Å². The molecule has 0 heterocycles. The fourth-order valence-corrected chi connectivity index (χ4v) is 3.95. The Labute approximate surface area is 167 Å². The highest BCUT2D eigenvalue weighted by molar-refractivity contribution is 7.89. The molecule has 3 rings (SSSR count). The molecule has 8 heteroatoms. The van der Waals surface area contributed by atoms with E-state index in [1.807, 2.05) is 6.07 Å². The second-order valence-electron chi connectivity index (χ2n) is 6.37. The molecule has 0 unspecified atom stereocenters. The maximum absolute atomic E-state index is 13.3. The predicted molar refractivity (Wildman–Crippen MR) is 106 cm³/mol. The molecule has 3 aromatic carbocycles. The number of aryl methyl sites for hydroxylation is 1. The number of nitrogens with one attached hydrogen (secondary N) is 2. The summed E-state index contributed by atoms with van der Waals surface area (Å²) in [4.78, 5) is 12.4. The quantitative estimate of drug-likeness (QED) is 0.638. The summed E-state index contributed by atoms with van der Waals surface area (Å²) in [5.41, 5.74) is 1.39. The van der Waals surface area contributed by atoms with E-state index in [0.29, 0.717) is 5.56 Å². The van der Waals surface area contributed by atoms with Crippen molar-refractivity contribution in [1.29, 1.82) is 0 Å². The average Bonchev–Trinajstić information content (AvgIpc) is 2.70. The van der Waals surface area contributed by atoms with Crippen LogP contribution in [-0.4, -0.2) is 14.3 Å². The zero-order valence-corrected chi connectivity index (χ0v) is 16.3. The molecular weight excluding hydrogens is 398 g/mol. The SMILES string of the molecule is Cc1ccc(C(=O)Nc2ccc(F)c(F)c2)cc1S(=O)(=O)NCc1ccccc1. The lowest BCUT2D eigenvalue weighted by Gasteiger charge is -2.12. The van der Waals surface area contributed by atoms with Gasteiger partial charge in [-0.15, -0.1) is 0 Å². The van der Waals surface area contributed by atoms with Gasteiger partial charge >= 0.3 is 0 Å². The van der Waals surface area contributed by atoms with E-state index in [1.165, 1.54) is 24.3 Å². The van der Waals surface area contributed by atoms with E-state index in [1.54, 1.807) is 31.2 Å². The molecule has 0 spiro atoms. The van der Waals surface area contributed by atoms with Crippen LogP contribution in [0.5, 0.6) is 0 Å². The third-order valence-corrected chi connectivity index (χ3v) is 5.77. The lowest BCUT2D eigenvalue weighted by Crippen LogP contribution is -2.24. The molecule has 0 atom stereocenters. The van der Waals surface area contributed by atoms with Gasteiger partial charge in [0.05, 0.1) is 4.90 Å². The normalized spacial score (nSPS) is 11.3. The lowest BCUT2D eigenvalue weighted by atomic mass is 10.1. The maximum Gasteiger partial charge on any atom is 0.255 e. The zero-order chi connectivity index (χ0) is 21.0. The molecule has 0 fully saturated rings. The van der Waals surface area contributed by atoms with E-state index in [-0.39, 0.29) is 22.7 Å². The van der Waals surface area contributed by atoms with Crippen molar-refractivity contribution < 1.29 is 22.0 Å². The van der Waals surface area contributed by atoms with Crippen molar-refractivity contribution in [1.82, 2.24) is 4.72 Å². The summed E-state index contributed by atoms with van der Waals surface area (Å²) in [6, 6.07) is 16.2. The Balaban J connectivity index is 1.81. The number of rotatable bonds is 6. The number of carbonyl (C=O) groups is 1. The van der Waals surface area contributed by atoms with Crippen LogP contribution in [0.15, 0.2) is 71.6 Å². The molecule has 0 aliphatic heterocycles. The monoisotopic (exact) mass is 416 g/mol. The van der Waals surface area contributed by atoms with E-state index >= 15 is 0 Å². The van der Waals surface area contributed by atoms with E-state index in [2.05, 4.69) is 10.0 Å². The van der Waals surface area contributed by atoms with Crippen molar-refractivity contribution in [2.24, 2.45) is 0 Å². The van der Waals surface area contributed by atoms with Crippen molar-refractivity contribution in [3.63, 3.8) is 0 Å². The van der Waals surface area contributed by atoms with E-state index in [9.17, 15) is 22.0 Å². The Bertz CT molecular complexity index is 1150. The third kappa shape index (κ3) is 5.04. The summed E-state index contributed by atoms with van der Waals surface area (Å²) in [6.45, 7) is 1.72. The number of halogens is 2. The van der Waals surface area contributed by atoms with Crippen LogP contribution in [-0.2, 0) is 16.6 Å². The van der Waals surface area contributed by atoms with E-state index in [0.717, 1.165) is 17.7 Å². The summed E-state index contributed by atoms with van der Waals surface area (Å²) in [6.07, 6.45) is 0. The van der Waals surface area contributed by atoms with Crippen molar-refractivity contribution in [2.45, 2.75) is 18.4 Å². The Hall–Kier alpha value is -3.10. The Morgan fingerprint density at radius 2 is 1.66 bits per heavy atom. The molecule has 0 bridgehead atoms. The maximum atomic E-state index is 13.3. The third-order valence-electron chi connectivity index (χ3n) is 4.23. The molecule has 0 saturated carbocycles. The fraction of sp³-hybridized carbons (Fsp3) is 0.0952. The smallest absolute Gasteiger partial charge is 0.255 e. The number of hydrogen-bond donors (Lipinski definition) is 2. The second kappa shape index (κ2) is 8.50. The minimum atomic E-state index is -3.87. The zero-order valence-electron chi connectivity index (χ0n) is 15.4. The van der Waals surface area contributed by atoms with Crippen LogP contribution in [0.4, 0.5) is 14.5 Å². The predicted octanol–water partition coefficient (Wildman–Crippen LogP) is 4.00. The van der Waals surface area contributed by atoms with E-state index < -0.39 is 27.6 Å². The van der Waals surface area contributed by atoms with Crippen LogP contribution in [0.3, 0.4) is 0 Å². The Morgan fingerprint density at radius 1 is 0.931 bits per heavy atom. The first-order valence-corrected chi connectivity index (χ1v) is 10.2. The number of sulfonamides is 1. The minimum absolute atomic E-state index is 0.0358. The van der Waals surface area contributed by atoms with Crippen molar-refractivity contribution in [3.05, 3.63) is 95.1 Å². The summed E-state index contributed by atoms with van der Waals surface area (Å²) in [5, 5.41) is 2.42.